The number of benzene rings is 1. The molecule has 0 aliphatic heterocycles. The Kier molecular flexibility index (Phi) is 8.44. The van der Waals surface area contributed by atoms with Crippen LogP contribution in [0.2, 0.25) is 0 Å². The number of unbranched alkanes of at least 4 members (excludes halogenated alkanes) is 2. The van der Waals surface area contributed by atoms with Crippen LogP contribution >= 0.6 is 0 Å². The highest BCUT2D eigenvalue weighted by Crippen LogP contribution is 2.28. The van der Waals surface area contributed by atoms with Gasteiger partial charge >= 0.3 is 0 Å². The number of rotatable bonds is 10. The number of aryl methyl sites for hydroxylation is 2. The molecule has 21 heavy (non-hydrogen) atoms. The van der Waals surface area contributed by atoms with Crippen LogP contribution in [0.1, 0.15) is 69.6 Å². The summed E-state index contributed by atoms with van der Waals surface area (Å²) >= 11 is 0. The van der Waals surface area contributed by atoms with Gasteiger partial charge in [0.15, 0.2) is 0 Å². The summed E-state index contributed by atoms with van der Waals surface area (Å²) in [7, 11) is 2.17. The Balaban J connectivity index is 2.94. The topological polar surface area (TPSA) is 23.5 Å². The maximum Gasteiger partial charge on any atom is 0.121 e. The molecule has 0 saturated heterocycles. The first kappa shape index (κ1) is 18.0. The Morgan fingerprint density at radius 3 is 1.86 bits per heavy atom. The molecule has 0 aromatic heterocycles. The van der Waals surface area contributed by atoms with Crippen LogP contribution in [-0.2, 0) is 19.4 Å². The van der Waals surface area contributed by atoms with E-state index in [-0.39, 0.29) is 0 Å². The minimum Gasteiger partial charge on any atom is -0.507 e. The van der Waals surface area contributed by atoms with Crippen molar-refractivity contribution < 1.29 is 5.11 Å². The average molecular weight is 291 g/mol. The van der Waals surface area contributed by atoms with Crippen molar-refractivity contribution in [2.45, 2.75) is 72.3 Å². The number of hydrogen-bond donors (Lipinski definition) is 1. The predicted molar refractivity (Wildman–Crippen MR) is 92.0 cm³/mol. The smallest absolute Gasteiger partial charge is 0.121 e. The second kappa shape index (κ2) is 9.83. The molecule has 0 radical (unpaired) electrons. The van der Waals surface area contributed by atoms with Gasteiger partial charge in [0.25, 0.3) is 0 Å². The molecule has 0 heterocycles. The maximum absolute atomic E-state index is 10.5. The molecule has 120 valence electrons. The van der Waals surface area contributed by atoms with Crippen molar-refractivity contribution in [3.05, 3.63) is 28.8 Å². The quantitative estimate of drug-likeness (QED) is 0.661. The molecule has 2 heteroatoms. The molecule has 0 aliphatic rings. The summed E-state index contributed by atoms with van der Waals surface area (Å²) < 4.78 is 0. The van der Waals surface area contributed by atoms with Gasteiger partial charge in [-0.2, -0.15) is 0 Å². The van der Waals surface area contributed by atoms with E-state index in [9.17, 15) is 5.11 Å². The van der Waals surface area contributed by atoms with Crippen molar-refractivity contribution in [2.75, 3.05) is 13.6 Å². The number of phenolic OH excluding ortho intramolecular Hbond substituents is 1. The normalized spacial score (nSPS) is 11.3. The minimum atomic E-state index is 0.554. The molecule has 0 spiro atoms. The van der Waals surface area contributed by atoms with Crippen molar-refractivity contribution in [1.82, 2.24) is 4.90 Å². The zero-order valence-electron chi connectivity index (χ0n) is 14.4. The van der Waals surface area contributed by atoms with Gasteiger partial charge in [-0.1, -0.05) is 45.7 Å². The van der Waals surface area contributed by atoms with Crippen molar-refractivity contribution in [2.24, 2.45) is 0 Å². The third kappa shape index (κ3) is 6.09. The lowest BCUT2D eigenvalue weighted by Crippen LogP contribution is -2.18. The van der Waals surface area contributed by atoms with Crippen LogP contribution in [0.15, 0.2) is 12.1 Å². The summed E-state index contributed by atoms with van der Waals surface area (Å²) in [4.78, 5) is 2.36. The van der Waals surface area contributed by atoms with E-state index in [0.29, 0.717) is 5.75 Å². The van der Waals surface area contributed by atoms with Crippen molar-refractivity contribution in [3.8, 4) is 5.75 Å². The summed E-state index contributed by atoms with van der Waals surface area (Å²) in [5.41, 5.74) is 3.64. The highest BCUT2D eigenvalue weighted by molar-refractivity contribution is 5.44. The van der Waals surface area contributed by atoms with Gasteiger partial charge in [0.1, 0.15) is 5.75 Å². The molecular formula is C19H33NO. The molecule has 1 aromatic rings. The van der Waals surface area contributed by atoms with Crippen molar-refractivity contribution in [3.63, 3.8) is 0 Å². The largest absolute Gasteiger partial charge is 0.507 e. The van der Waals surface area contributed by atoms with E-state index in [1.165, 1.54) is 24.8 Å². The van der Waals surface area contributed by atoms with E-state index < -0.39 is 0 Å². The van der Waals surface area contributed by atoms with Gasteiger partial charge in [0, 0.05) is 6.54 Å². The Bertz CT molecular complexity index is 385. The molecule has 0 unspecified atom stereocenters. The fourth-order valence-corrected chi connectivity index (χ4v) is 2.81. The van der Waals surface area contributed by atoms with Crippen LogP contribution < -0.4 is 0 Å². The SMILES string of the molecule is CCCCc1cc(CN(C)CCC)cc(CCCC)c1O. The second-order valence-corrected chi connectivity index (χ2v) is 6.21. The third-order valence-electron chi connectivity index (χ3n) is 3.98. The van der Waals surface area contributed by atoms with Gasteiger partial charge in [-0.15, -0.1) is 0 Å². The molecule has 0 amide bonds. The van der Waals surface area contributed by atoms with Crippen LogP contribution in [-0.4, -0.2) is 23.6 Å². The lowest BCUT2D eigenvalue weighted by molar-refractivity contribution is 0.327. The molecule has 0 atom stereocenters. The summed E-state index contributed by atoms with van der Waals surface area (Å²) in [5.74, 6) is 0.554. The van der Waals surface area contributed by atoms with E-state index >= 15 is 0 Å². The van der Waals surface area contributed by atoms with E-state index in [1.54, 1.807) is 0 Å². The summed E-state index contributed by atoms with van der Waals surface area (Å²) in [5, 5.41) is 10.5. The minimum absolute atomic E-state index is 0.554. The molecule has 0 aliphatic carbocycles. The highest BCUT2D eigenvalue weighted by Gasteiger charge is 2.11. The van der Waals surface area contributed by atoms with Crippen LogP contribution in [0.3, 0.4) is 0 Å². The van der Waals surface area contributed by atoms with Crippen LogP contribution in [0.25, 0.3) is 0 Å². The number of aromatic hydroxyl groups is 1. The Morgan fingerprint density at radius 2 is 1.43 bits per heavy atom. The zero-order valence-corrected chi connectivity index (χ0v) is 14.4. The maximum atomic E-state index is 10.5. The Morgan fingerprint density at radius 1 is 0.905 bits per heavy atom. The molecule has 0 saturated carbocycles. The second-order valence-electron chi connectivity index (χ2n) is 6.21. The van der Waals surface area contributed by atoms with Crippen molar-refractivity contribution in [1.29, 1.82) is 0 Å². The molecule has 2 nitrogen and oxygen atoms in total. The lowest BCUT2D eigenvalue weighted by Gasteiger charge is -2.18. The molecule has 0 bridgehead atoms. The van der Waals surface area contributed by atoms with Crippen LogP contribution in [0.5, 0.6) is 5.75 Å². The highest BCUT2D eigenvalue weighted by atomic mass is 16.3. The van der Waals surface area contributed by atoms with E-state index in [2.05, 4.69) is 44.9 Å². The molecular weight excluding hydrogens is 258 g/mol. The van der Waals surface area contributed by atoms with Gasteiger partial charge < -0.3 is 10.0 Å². The number of nitrogens with zero attached hydrogens (tertiary/aromatic N) is 1. The molecule has 1 rings (SSSR count). The summed E-state index contributed by atoms with van der Waals surface area (Å²) in [6.07, 6.45) is 7.80. The first-order valence-corrected chi connectivity index (χ1v) is 8.64. The monoisotopic (exact) mass is 291 g/mol. The standard InChI is InChI=1S/C19H33NO/c1-5-8-10-17-13-16(15-20(4)12-7-3)14-18(19(17)21)11-9-6-2/h13-14,21H,5-12,15H2,1-4H3. The van der Waals surface area contributed by atoms with Crippen molar-refractivity contribution >= 4 is 0 Å². The number of hydrogen-bond acceptors (Lipinski definition) is 2. The third-order valence-corrected chi connectivity index (χ3v) is 3.98. The zero-order chi connectivity index (χ0) is 15.7. The van der Waals surface area contributed by atoms with E-state index in [1.807, 2.05) is 0 Å². The van der Waals surface area contributed by atoms with Gasteiger partial charge in [-0.3, -0.25) is 0 Å². The van der Waals surface area contributed by atoms with E-state index in [0.717, 1.165) is 49.9 Å². The molecule has 0 fully saturated rings. The van der Waals surface area contributed by atoms with Crippen LogP contribution in [0, 0.1) is 0 Å². The van der Waals surface area contributed by atoms with E-state index in [4.69, 9.17) is 0 Å². The Hall–Kier alpha value is -1.02. The lowest BCUT2D eigenvalue weighted by atomic mass is 9.97. The van der Waals surface area contributed by atoms with Crippen LogP contribution in [0.4, 0.5) is 0 Å². The Labute approximate surface area is 131 Å². The predicted octanol–water partition coefficient (Wildman–Crippen LogP) is 4.92. The first-order valence-electron chi connectivity index (χ1n) is 8.64. The first-order chi connectivity index (χ1) is 10.1. The fourth-order valence-electron chi connectivity index (χ4n) is 2.81. The average Bonchev–Trinajstić information content (AvgIpc) is 2.46. The van der Waals surface area contributed by atoms with Gasteiger partial charge in [-0.05, 0) is 62.4 Å². The van der Waals surface area contributed by atoms with Gasteiger partial charge in [0.2, 0.25) is 0 Å². The van der Waals surface area contributed by atoms with Gasteiger partial charge in [-0.25, -0.2) is 0 Å². The summed E-state index contributed by atoms with van der Waals surface area (Å²) in [6, 6.07) is 4.43. The number of phenols is 1. The summed E-state index contributed by atoms with van der Waals surface area (Å²) in [6.45, 7) is 8.72. The molecule has 1 N–H and O–H groups in total. The molecule has 1 aromatic carbocycles. The van der Waals surface area contributed by atoms with Gasteiger partial charge in [0.05, 0.1) is 0 Å². The fraction of sp³-hybridized carbons (Fsp3) is 0.684.